The predicted octanol–water partition coefficient (Wildman–Crippen LogP) is 1.23. The summed E-state index contributed by atoms with van der Waals surface area (Å²) in [5.41, 5.74) is 0.572. The molecule has 0 radical (unpaired) electrons. The van der Waals surface area contributed by atoms with Gasteiger partial charge >= 0.3 is 0 Å². The van der Waals surface area contributed by atoms with Gasteiger partial charge in [0.05, 0.1) is 6.10 Å². The van der Waals surface area contributed by atoms with E-state index in [0.717, 1.165) is 0 Å². The van der Waals surface area contributed by atoms with Crippen LogP contribution in [0.2, 0.25) is 0 Å². The van der Waals surface area contributed by atoms with Crippen molar-refractivity contribution in [3.8, 4) is 0 Å². The summed E-state index contributed by atoms with van der Waals surface area (Å²) in [6.07, 6.45) is 1.70. The second kappa shape index (κ2) is 5.75. The van der Waals surface area contributed by atoms with E-state index in [1.165, 1.54) is 0 Å². The highest BCUT2D eigenvalue weighted by molar-refractivity contribution is 5.92. The van der Waals surface area contributed by atoms with Crippen molar-refractivity contribution in [2.24, 2.45) is 0 Å². The summed E-state index contributed by atoms with van der Waals surface area (Å²) in [5, 5.41) is 12.0. The molecule has 0 aliphatic heterocycles. The number of hydrogen-bond donors (Lipinski definition) is 2. The highest BCUT2D eigenvalue weighted by Gasteiger charge is 2.06. The van der Waals surface area contributed by atoms with E-state index in [-0.39, 0.29) is 11.9 Å². The predicted molar refractivity (Wildman–Crippen MR) is 53.3 cm³/mol. The zero-order valence-electron chi connectivity index (χ0n) is 8.79. The molecule has 0 aromatic carbocycles. The molecule has 0 bridgehead atoms. The molecule has 0 aromatic rings. The zero-order valence-corrected chi connectivity index (χ0v) is 8.79. The Bertz CT molecular complexity index is 197. The van der Waals surface area contributed by atoms with E-state index in [0.29, 0.717) is 12.0 Å². The number of carbonyl (C=O) groups is 1. The van der Waals surface area contributed by atoms with Gasteiger partial charge in [0.25, 0.3) is 0 Å². The Morgan fingerprint density at radius 2 is 2.08 bits per heavy atom. The maximum atomic E-state index is 11.3. The fraction of sp³-hybridized carbons (Fsp3) is 0.700. The second-order valence-corrected chi connectivity index (χ2v) is 3.45. The Balaban J connectivity index is 4.16. The first kappa shape index (κ1) is 12.2. The molecule has 0 spiro atoms. The van der Waals surface area contributed by atoms with Gasteiger partial charge < -0.3 is 10.4 Å². The van der Waals surface area contributed by atoms with Crippen LogP contribution >= 0.6 is 0 Å². The van der Waals surface area contributed by atoms with Crippen LogP contribution in [0.15, 0.2) is 11.6 Å². The van der Waals surface area contributed by atoms with Gasteiger partial charge in [-0.3, -0.25) is 4.79 Å². The third kappa shape index (κ3) is 5.42. The molecule has 3 nitrogen and oxygen atoms in total. The Labute approximate surface area is 79.8 Å². The normalized spacial score (nSPS) is 14.5. The number of nitrogens with one attached hydrogen (secondary N) is 1. The molecule has 0 saturated heterocycles. The number of amides is 1. The van der Waals surface area contributed by atoms with Gasteiger partial charge in [-0.1, -0.05) is 6.92 Å². The molecule has 0 saturated carbocycles. The minimum absolute atomic E-state index is 0.109. The van der Waals surface area contributed by atoms with Gasteiger partial charge in [-0.05, 0) is 33.3 Å². The molecule has 13 heavy (non-hydrogen) atoms. The van der Waals surface area contributed by atoms with Gasteiger partial charge in [0.15, 0.2) is 0 Å². The Morgan fingerprint density at radius 1 is 1.54 bits per heavy atom. The minimum atomic E-state index is -0.516. The zero-order chi connectivity index (χ0) is 10.4. The smallest absolute Gasteiger partial charge is 0.246 e. The molecule has 1 atom stereocenters. The monoisotopic (exact) mass is 185 g/mol. The highest BCUT2D eigenvalue weighted by atomic mass is 16.3. The number of aliphatic hydroxyl groups excluding tert-OH is 1. The molecule has 0 aliphatic carbocycles. The van der Waals surface area contributed by atoms with Crippen LogP contribution < -0.4 is 5.32 Å². The molecule has 0 heterocycles. The number of aliphatic hydroxyl groups is 1. The van der Waals surface area contributed by atoms with Gasteiger partial charge in [0.2, 0.25) is 5.91 Å². The van der Waals surface area contributed by atoms with Crippen LogP contribution in [0.5, 0.6) is 0 Å². The summed E-state index contributed by atoms with van der Waals surface area (Å²) in [5.74, 6) is -0.109. The lowest BCUT2D eigenvalue weighted by Gasteiger charge is -2.09. The molecule has 0 fully saturated rings. The van der Waals surface area contributed by atoms with Crippen molar-refractivity contribution in [1.82, 2.24) is 5.32 Å². The van der Waals surface area contributed by atoms with Crippen molar-refractivity contribution in [2.45, 2.75) is 46.3 Å². The summed E-state index contributed by atoms with van der Waals surface area (Å²) in [6, 6.07) is 0.134. The highest BCUT2D eigenvalue weighted by Crippen LogP contribution is 1.99. The van der Waals surface area contributed by atoms with Gasteiger partial charge in [-0.15, -0.1) is 0 Å². The largest absolute Gasteiger partial charge is 0.389 e. The van der Waals surface area contributed by atoms with Crippen molar-refractivity contribution < 1.29 is 9.90 Å². The van der Waals surface area contributed by atoms with Crippen molar-refractivity contribution >= 4 is 5.91 Å². The summed E-state index contributed by atoms with van der Waals surface area (Å²) in [6.45, 7) is 7.38. The van der Waals surface area contributed by atoms with Crippen molar-refractivity contribution in [3.63, 3.8) is 0 Å². The Morgan fingerprint density at radius 3 is 2.46 bits per heavy atom. The molecular formula is C10H19NO2. The third-order valence-electron chi connectivity index (χ3n) is 1.64. The van der Waals surface area contributed by atoms with Crippen molar-refractivity contribution in [2.75, 3.05) is 0 Å². The van der Waals surface area contributed by atoms with Gasteiger partial charge in [-0.2, -0.15) is 0 Å². The number of carbonyl (C=O) groups excluding carboxylic acids is 1. The first-order valence-electron chi connectivity index (χ1n) is 4.64. The first-order chi connectivity index (χ1) is 5.97. The van der Waals surface area contributed by atoms with E-state index in [9.17, 15) is 9.90 Å². The summed E-state index contributed by atoms with van der Waals surface area (Å²) < 4.78 is 0. The molecule has 3 heteroatoms. The van der Waals surface area contributed by atoms with Crippen molar-refractivity contribution in [1.29, 1.82) is 0 Å². The van der Waals surface area contributed by atoms with E-state index >= 15 is 0 Å². The van der Waals surface area contributed by atoms with Crippen LogP contribution in [0.1, 0.15) is 34.1 Å². The Kier molecular flexibility index (Phi) is 5.39. The lowest BCUT2D eigenvalue weighted by Crippen LogP contribution is -2.31. The average molecular weight is 185 g/mol. The summed E-state index contributed by atoms with van der Waals surface area (Å²) in [7, 11) is 0. The molecule has 2 N–H and O–H groups in total. The van der Waals surface area contributed by atoms with Crippen LogP contribution in [0.3, 0.4) is 0 Å². The van der Waals surface area contributed by atoms with Crippen LogP contribution in [0.4, 0.5) is 0 Å². The fourth-order valence-electron chi connectivity index (χ4n) is 0.858. The van der Waals surface area contributed by atoms with Gasteiger partial charge in [0, 0.05) is 11.6 Å². The van der Waals surface area contributed by atoms with Crippen LogP contribution in [0, 0.1) is 0 Å². The Hall–Kier alpha value is -0.830. The SMILES string of the molecule is CCC(O)/C=C(\C)C(=O)NC(C)C. The molecule has 0 rings (SSSR count). The molecule has 76 valence electrons. The minimum Gasteiger partial charge on any atom is -0.389 e. The molecular weight excluding hydrogens is 166 g/mol. The maximum absolute atomic E-state index is 11.3. The standard InChI is InChI=1S/C10H19NO2/c1-5-9(12)6-8(4)10(13)11-7(2)3/h6-7,9,12H,5H2,1-4H3,(H,11,13)/b8-6+. The third-order valence-corrected chi connectivity index (χ3v) is 1.64. The first-order valence-corrected chi connectivity index (χ1v) is 4.64. The molecule has 0 aromatic heterocycles. The quantitative estimate of drug-likeness (QED) is 0.647. The van der Waals surface area contributed by atoms with Crippen LogP contribution in [-0.4, -0.2) is 23.2 Å². The maximum Gasteiger partial charge on any atom is 0.246 e. The summed E-state index contributed by atoms with van der Waals surface area (Å²) in [4.78, 5) is 11.3. The lowest BCUT2D eigenvalue weighted by atomic mass is 10.1. The lowest BCUT2D eigenvalue weighted by molar-refractivity contribution is -0.118. The van der Waals surface area contributed by atoms with E-state index < -0.39 is 6.10 Å². The number of rotatable bonds is 4. The number of hydrogen-bond acceptors (Lipinski definition) is 2. The van der Waals surface area contributed by atoms with E-state index in [1.807, 2.05) is 20.8 Å². The topological polar surface area (TPSA) is 49.3 Å². The second-order valence-electron chi connectivity index (χ2n) is 3.45. The van der Waals surface area contributed by atoms with Crippen LogP contribution in [-0.2, 0) is 4.79 Å². The van der Waals surface area contributed by atoms with Crippen molar-refractivity contribution in [3.05, 3.63) is 11.6 Å². The van der Waals surface area contributed by atoms with Gasteiger partial charge in [0.1, 0.15) is 0 Å². The van der Waals surface area contributed by atoms with Crippen LogP contribution in [0.25, 0.3) is 0 Å². The molecule has 0 aliphatic rings. The summed E-state index contributed by atoms with van der Waals surface area (Å²) >= 11 is 0. The fourth-order valence-corrected chi connectivity index (χ4v) is 0.858. The van der Waals surface area contributed by atoms with E-state index in [4.69, 9.17) is 0 Å². The molecule has 1 unspecified atom stereocenters. The van der Waals surface area contributed by atoms with Gasteiger partial charge in [-0.25, -0.2) is 0 Å². The molecule has 1 amide bonds. The van der Waals surface area contributed by atoms with E-state index in [1.54, 1.807) is 13.0 Å². The average Bonchev–Trinajstić information content (AvgIpc) is 2.02. The van der Waals surface area contributed by atoms with E-state index in [2.05, 4.69) is 5.32 Å².